The minimum Gasteiger partial charge on any atom is -0.481 e. The van der Waals surface area contributed by atoms with Crippen LogP contribution in [0.3, 0.4) is 0 Å². The summed E-state index contributed by atoms with van der Waals surface area (Å²) in [5.41, 5.74) is 3.72. The van der Waals surface area contributed by atoms with E-state index in [0.29, 0.717) is 5.69 Å². The number of aromatic nitrogens is 2. The van der Waals surface area contributed by atoms with Crippen LogP contribution in [-0.2, 0) is 17.6 Å². The molecule has 0 aliphatic carbocycles. The van der Waals surface area contributed by atoms with Crippen LogP contribution in [-0.4, -0.2) is 21.3 Å². The van der Waals surface area contributed by atoms with Crippen LogP contribution in [0.1, 0.15) is 24.6 Å². The Bertz CT molecular complexity index is 529. The van der Waals surface area contributed by atoms with Crippen molar-refractivity contribution >= 4 is 5.97 Å². The highest BCUT2D eigenvalue weighted by molar-refractivity contribution is 5.70. The molecule has 1 aromatic carbocycles. The van der Waals surface area contributed by atoms with E-state index in [1.54, 1.807) is 6.07 Å². The summed E-state index contributed by atoms with van der Waals surface area (Å²) < 4.78 is 0. The molecule has 1 aromatic heterocycles. The molecule has 2 aromatic rings. The van der Waals surface area contributed by atoms with E-state index >= 15 is 0 Å². The molecule has 0 saturated carbocycles. The number of H-pyrrole nitrogens is 1. The predicted octanol–water partition coefficient (Wildman–Crippen LogP) is 2.66. The zero-order chi connectivity index (χ0) is 13.0. The number of hydrogen-bond donors (Lipinski definition) is 2. The second kappa shape index (κ2) is 5.49. The lowest BCUT2D eigenvalue weighted by molar-refractivity contribution is -0.136. The molecular weight excluding hydrogens is 228 g/mol. The van der Waals surface area contributed by atoms with Crippen molar-refractivity contribution in [2.75, 3.05) is 0 Å². The van der Waals surface area contributed by atoms with E-state index in [2.05, 4.69) is 29.3 Å². The van der Waals surface area contributed by atoms with E-state index in [-0.39, 0.29) is 6.42 Å². The maximum atomic E-state index is 10.6. The maximum absolute atomic E-state index is 10.6. The average molecular weight is 244 g/mol. The van der Waals surface area contributed by atoms with E-state index < -0.39 is 5.97 Å². The summed E-state index contributed by atoms with van der Waals surface area (Å²) >= 11 is 0. The fraction of sp³-hybridized carbons (Fsp3) is 0.286. The number of nitrogens with one attached hydrogen (secondary N) is 1. The van der Waals surface area contributed by atoms with Crippen LogP contribution < -0.4 is 0 Å². The van der Waals surface area contributed by atoms with E-state index in [4.69, 9.17) is 5.11 Å². The van der Waals surface area contributed by atoms with Crippen molar-refractivity contribution in [3.63, 3.8) is 0 Å². The first-order chi connectivity index (χ1) is 8.69. The highest BCUT2D eigenvalue weighted by atomic mass is 16.4. The molecule has 94 valence electrons. The quantitative estimate of drug-likeness (QED) is 0.849. The molecular formula is C14H16N2O2. The topological polar surface area (TPSA) is 66.0 Å². The second-order valence-electron chi connectivity index (χ2n) is 4.30. The molecule has 0 fully saturated rings. The fourth-order valence-corrected chi connectivity index (χ4v) is 1.89. The van der Waals surface area contributed by atoms with E-state index in [1.807, 2.05) is 12.1 Å². The molecule has 0 saturated heterocycles. The number of carboxylic acids is 1. The van der Waals surface area contributed by atoms with Gasteiger partial charge in [0.2, 0.25) is 0 Å². The SMILES string of the molecule is CCCc1ccc(-c2cc(CC(=O)O)[nH]n2)cc1. The van der Waals surface area contributed by atoms with Crippen LogP contribution in [0.2, 0.25) is 0 Å². The Morgan fingerprint density at radius 1 is 1.33 bits per heavy atom. The zero-order valence-corrected chi connectivity index (χ0v) is 10.3. The number of aliphatic carboxylic acids is 1. The number of nitrogens with zero attached hydrogens (tertiary/aromatic N) is 1. The van der Waals surface area contributed by atoms with Gasteiger partial charge < -0.3 is 5.11 Å². The Morgan fingerprint density at radius 2 is 2.06 bits per heavy atom. The Kier molecular flexibility index (Phi) is 3.77. The lowest BCUT2D eigenvalue weighted by Crippen LogP contribution is -1.99. The van der Waals surface area contributed by atoms with Gasteiger partial charge in [0.15, 0.2) is 0 Å². The van der Waals surface area contributed by atoms with Crippen molar-refractivity contribution in [3.8, 4) is 11.3 Å². The van der Waals surface area contributed by atoms with Gasteiger partial charge in [-0.15, -0.1) is 0 Å². The van der Waals surface area contributed by atoms with Gasteiger partial charge >= 0.3 is 5.97 Å². The highest BCUT2D eigenvalue weighted by Gasteiger charge is 2.06. The maximum Gasteiger partial charge on any atom is 0.309 e. The van der Waals surface area contributed by atoms with E-state index in [1.165, 1.54) is 5.56 Å². The largest absolute Gasteiger partial charge is 0.481 e. The number of aromatic amines is 1. The van der Waals surface area contributed by atoms with Crippen molar-refractivity contribution in [2.45, 2.75) is 26.2 Å². The van der Waals surface area contributed by atoms with Crippen LogP contribution >= 0.6 is 0 Å². The molecule has 1 heterocycles. The van der Waals surface area contributed by atoms with Gasteiger partial charge in [-0.05, 0) is 18.1 Å². The number of hydrogen-bond acceptors (Lipinski definition) is 2. The monoisotopic (exact) mass is 244 g/mol. The average Bonchev–Trinajstić information content (AvgIpc) is 2.78. The third kappa shape index (κ3) is 2.97. The molecule has 0 radical (unpaired) electrons. The first-order valence-corrected chi connectivity index (χ1v) is 6.04. The molecule has 2 N–H and O–H groups in total. The third-order valence-electron chi connectivity index (χ3n) is 2.76. The number of carbonyl (C=O) groups is 1. The molecule has 4 nitrogen and oxygen atoms in total. The molecule has 0 spiro atoms. The number of aryl methyl sites for hydroxylation is 1. The summed E-state index contributed by atoms with van der Waals surface area (Å²) in [4.78, 5) is 10.6. The molecule has 0 aliphatic rings. The van der Waals surface area contributed by atoms with Gasteiger partial charge in [0.05, 0.1) is 12.1 Å². The lowest BCUT2D eigenvalue weighted by atomic mass is 10.1. The van der Waals surface area contributed by atoms with E-state index in [9.17, 15) is 4.79 Å². The number of benzene rings is 1. The lowest BCUT2D eigenvalue weighted by Gasteiger charge is -2.00. The molecule has 0 amide bonds. The van der Waals surface area contributed by atoms with Crippen LogP contribution in [0.4, 0.5) is 0 Å². The van der Waals surface area contributed by atoms with Crippen LogP contribution in [0.15, 0.2) is 30.3 Å². The Balaban J connectivity index is 2.15. The fourth-order valence-electron chi connectivity index (χ4n) is 1.89. The van der Waals surface area contributed by atoms with Crippen LogP contribution in [0, 0.1) is 0 Å². The van der Waals surface area contributed by atoms with Crippen LogP contribution in [0.5, 0.6) is 0 Å². The van der Waals surface area contributed by atoms with Gasteiger partial charge in [-0.1, -0.05) is 37.6 Å². The van der Waals surface area contributed by atoms with Gasteiger partial charge in [-0.3, -0.25) is 9.89 Å². The van der Waals surface area contributed by atoms with Gasteiger partial charge in [0, 0.05) is 11.3 Å². The summed E-state index contributed by atoms with van der Waals surface area (Å²) in [6.45, 7) is 2.15. The Morgan fingerprint density at radius 3 is 2.67 bits per heavy atom. The van der Waals surface area contributed by atoms with Crippen molar-refractivity contribution in [3.05, 3.63) is 41.6 Å². The molecule has 0 bridgehead atoms. The van der Waals surface area contributed by atoms with Crippen molar-refractivity contribution in [1.82, 2.24) is 10.2 Å². The number of carboxylic acid groups (broad SMARTS) is 1. The molecule has 0 atom stereocenters. The summed E-state index contributed by atoms with van der Waals surface area (Å²) in [7, 11) is 0. The van der Waals surface area contributed by atoms with E-state index in [0.717, 1.165) is 24.1 Å². The van der Waals surface area contributed by atoms with Gasteiger partial charge in [-0.2, -0.15) is 5.10 Å². The normalized spacial score (nSPS) is 10.5. The number of rotatable bonds is 5. The molecule has 0 aliphatic heterocycles. The summed E-state index contributed by atoms with van der Waals surface area (Å²) in [5, 5.41) is 15.6. The van der Waals surface area contributed by atoms with Gasteiger partial charge in [0.1, 0.15) is 0 Å². The predicted molar refractivity (Wildman–Crippen MR) is 69.4 cm³/mol. The minimum absolute atomic E-state index is 0.0269. The first-order valence-electron chi connectivity index (χ1n) is 6.04. The Labute approximate surface area is 106 Å². The van der Waals surface area contributed by atoms with Crippen molar-refractivity contribution < 1.29 is 9.90 Å². The summed E-state index contributed by atoms with van der Waals surface area (Å²) in [6.07, 6.45) is 2.18. The molecule has 18 heavy (non-hydrogen) atoms. The smallest absolute Gasteiger partial charge is 0.309 e. The summed E-state index contributed by atoms with van der Waals surface area (Å²) in [5.74, 6) is -0.858. The van der Waals surface area contributed by atoms with Gasteiger partial charge in [-0.25, -0.2) is 0 Å². The van der Waals surface area contributed by atoms with Gasteiger partial charge in [0.25, 0.3) is 0 Å². The minimum atomic E-state index is -0.858. The van der Waals surface area contributed by atoms with Crippen molar-refractivity contribution in [2.24, 2.45) is 0 Å². The Hall–Kier alpha value is -2.10. The molecule has 0 unspecified atom stereocenters. The zero-order valence-electron chi connectivity index (χ0n) is 10.3. The second-order valence-corrected chi connectivity index (χ2v) is 4.30. The molecule has 2 rings (SSSR count). The first kappa shape index (κ1) is 12.4. The molecule has 4 heteroatoms. The standard InChI is InChI=1S/C14H16N2O2/c1-2-3-10-4-6-11(7-5-10)13-8-12(15-16-13)9-14(17)18/h4-8H,2-3,9H2,1H3,(H,15,16)(H,17,18). The third-order valence-corrected chi connectivity index (χ3v) is 2.76. The summed E-state index contributed by atoms with van der Waals surface area (Å²) in [6, 6.07) is 10.00. The van der Waals surface area contributed by atoms with Crippen LogP contribution in [0.25, 0.3) is 11.3 Å². The van der Waals surface area contributed by atoms with Crippen molar-refractivity contribution in [1.29, 1.82) is 0 Å². The highest BCUT2D eigenvalue weighted by Crippen LogP contribution is 2.19.